The molecule has 0 saturated carbocycles. The van der Waals surface area contributed by atoms with E-state index < -0.39 is 78.2 Å². The van der Waals surface area contributed by atoms with Crippen molar-refractivity contribution in [1.29, 1.82) is 0 Å². The number of fused-ring (bicyclic) bond motifs is 6. The van der Waals surface area contributed by atoms with Crippen LogP contribution in [0.3, 0.4) is 0 Å². The molecule has 0 saturated heterocycles. The number of rotatable bonds is 5. The van der Waals surface area contributed by atoms with Crippen LogP contribution in [0.1, 0.15) is 16.4 Å². The number of hydrogen-bond acceptors (Lipinski definition) is 3. The molecule has 3 aromatic heterocycles. The molecule has 10 aromatic rings. The minimum absolute atomic E-state index is 0.0718. The van der Waals surface area contributed by atoms with E-state index in [1.807, 2.05) is 91.0 Å². The lowest BCUT2D eigenvalue weighted by Crippen LogP contribution is -1.99. The van der Waals surface area contributed by atoms with Gasteiger partial charge < -0.3 is 4.57 Å². The summed E-state index contributed by atoms with van der Waals surface area (Å²) >= 11 is 1.66. The van der Waals surface area contributed by atoms with Crippen LogP contribution in [0.4, 0.5) is 0 Å². The van der Waals surface area contributed by atoms with Crippen LogP contribution in [-0.2, 0) is 0 Å². The molecule has 234 valence electrons. The molecule has 3 nitrogen and oxygen atoms in total. The summed E-state index contributed by atoms with van der Waals surface area (Å²) < 4.78 is 110. The van der Waals surface area contributed by atoms with Crippen LogP contribution in [0.25, 0.3) is 92.7 Å². The summed E-state index contributed by atoms with van der Waals surface area (Å²) in [5, 5.41) is 1.67. The molecule has 0 amide bonds. The van der Waals surface area contributed by atoms with E-state index in [0.29, 0.717) is 16.8 Å². The summed E-state index contributed by atoms with van der Waals surface area (Å²) in [7, 11) is 0. The highest BCUT2D eigenvalue weighted by Crippen LogP contribution is 2.40. The quantitative estimate of drug-likeness (QED) is 0.183. The van der Waals surface area contributed by atoms with Gasteiger partial charge in [-0.2, -0.15) is 0 Å². The second-order valence-corrected chi connectivity index (χ2v) is 12.8. The van der Waals surface area contributed by atoms with E-state index in [2.05, 4.69) is 6.07 Å². The molecule has 0 fully saturated rings. The zero-order valence-corrected chi connectivity index (χ0v) is 26.9. The highest BCUT2D eigenvalue weighted by Gasteiger charge is 2.19. The molecule has 0 N–H and O–H groups in total. The van der Waals surface area contributed by atoms with Gasteiger partial charge in [0.05, 0.1) is 38.9 Å². The number of nitrogens with zero attached hydrogens (tertiary/aromatic N) is 3. The number of benzene rings is 7. The first-order valence-corrected chi connectivity index (χ1v) is 16.7. The molecule has 0 bridgehead atoms. The highest BCUT2D eigenvalue weighted by molar-refractivity contribution is 7.25. The Morgan fingerprint density at radius 1 is 0.480 bits per heavy atom. The van der Waals surface area contributed by atoms with Gasteiger partial charge in [-0.05, 0) is 53.5 Å². The number of aromatic nitrogens is 3. The lowest BCUT2D eigenvalue weighted by atomic mass is 10.0. The Kier molecular flexibility index (Phi) is 4.43. The monoisotopic (exact) mass is 667 g/mol. The highest BCUT2D eigenvalue weighted by atomic mass is 32.1. The summed E-state index contributed by atoms with van der Waals surface area (Å²) in [6.07, 6.45) is 0. The van der Waals surface area contributed by atoms with Gasteiger partial charge >= 0.3 is 0 Å². The van der Waals surface area contributed by atoms with Crippen molar-refractivity contribution < 1.29 is 16.4 Å². The van der Waals surface area contributed by atoms with E-state index in [1.165, 1.54) is 0 Å². The zero-order chi connectivity index (χ0) is 43.5. The summed E-state index contributed by atoms with van der Waals surface area (Å²) in [6.45, 7) is 0. The van der Waals surface area contributed by atoms with E-state index in [1.54, 1.807) is 17.4 Å². The summed E-state index contributed by atoms with van der Waals surface area (Å²) in [4.78, 5) is 10.1. The lowest BCUT2D eigenvalue weighted by Gasteiger charge is -2.13. The van der Waals surface area contributed by atoms with Crippen LogP contribution < -0.4 is 0 Å². The fourth-order valence-corrected chi connectivity index (χ4v) is 7.60. The van der Waals surface area contributed by atoms with Gasteiger partial charge in [0.15, 0.2) is 5.82 Å². The Balaban J connectivity index is 1.35. The third-order valence-corrected chi connectivity index (χ3v) is 9.98. The van der Waals surface area contributed by atoms with Crippen molar-refractivity contribution in [2.24, 2.45) is 0 Å². The SMILES string of the molecule is [2H]c1c([2H])c([2H])c(-n2c3c([2H])c([2H])c([2H])c([2H])c3c3c([2H])c([2H])c([2H])c(-c4cc(-c5ccc6sc7ccccc7c6c5)nc(-c5ccc(-c6ccccc6)cc5)n4)c32)c([2H])c1[2H]. The van der Waals surface area contributed by atoms with Crippen LogP contribution in [0.5, 0.6) is 0 Å². The third kappa shape index (κ3) is 4.73. The van der Waals surface area contributed by atoms with Crippen molar-refractivity contribution in [1.82, 2.24) is 14.5 Å². The second kappa shape index (κ2) is 11.7. The van der Waals surface area contributed by atoms with Crippen LogP contribution in [0.15, 0.2) is 176 Å². The summed E-state index contributed by atoms with van der Waals surface area (Å²) in [6, 6.07) is 25.6. The minimum atomic E-state index is -0.699. The molecular weight excluding hydrogens is 627 g/mol. The smallest absolute Gasteiger partial charge is 0.160 e. The van der Waals surface area contributed by atoms with E-state index in [4.69, 9.17) is 23.7 Å². The molecule has 4 heteroatoms. The van der Waals surface area contributed by atoms with Crippen molar-refractivity contribution in [2.45, 2.75) is 0 Å². The van der Waals surface area contributed by atoms with Crippen molar-refractivity contribution in [3.63, 3.8) is 0 Å². The normalized spacial score (nSPS) is 15.0. The molecule has 0 spiro atoms. The topological polar surface area (TPSA) is 30.7 Å². The first kappa shape index (κ1) is 19.0. The van der Waals surface area contributed by atoms with Crippen LogP contribution in [0.2, 0.25) is 0 Å². The zero-order valence-electron chi connectivity index (χ0n) is 38.1. The molecule has 7 aromatic carbocycles. The van der Waals surface area contributed by atoms with Gasteiger partial charge in [0.2, 0.25) is 0 Å². The fourth-order valence-electron chi connectivity index (χ4n) is 6.51. The maximum Gasteiger partial charge on any atom is 0.160 e. The maximum atomic E-state index is 9.51. The summed E-state index contributed by atoms with van der Waals surface area (Å²) in [5.74, 6) is 0.233. The molecule has 50 heavy (non-hydrogen) atoms. The van der Waals surface area contributed by atoms with Crippen molar-refractivity contribution in [2.75, 3.05) is 0 Å². The van der Waals surface area contributed by atoms with E-state index in [0.717, 1.165) is 35.9 Å². The Morgan fingerprint density at radius 3 is 2.04 bits per heavy atom. The van der Waals surface area contributed by atoms with E-state index in [-0.39, 0.29) is 38.9 Å². The molecule has 0 unspecified atom stereocenters. The van der Waals surface area contributed by atoms with E-state index in [9.17, 15) is 2.74 Å². The molecule has 0 aliphatic rings. The van der Waals surface area contributed by atoms with Gasteiger partial charge in [-0.25, -0.2) is 9.97 Å². The molecule has 0 atom stereocenters. The van der Waals surface area contributed by atoms with E-state index >= 15 is 0 Å². The standard InChI is InChI=1S/C46H29N3S/c1-3-12-30(13-4-1)31-22-24-32(25-23-31)46-47-40(33-26-27-44-39(28-33)36-17-8-10-21-43(36)50-44)29-41(48-46)38-19-11-18-37-35-16-7-9-20-42(35)49(45(37)38)34-14-5-2-6-15-34/h1-29H/i2D,5D,6D,7D,9D,11D,14D,15D,16D,18D,19D,20D. The Morgan fingerprint density at radius 2 is 1.16 bits per heavy atom. The van der Waals surface area contributed by atoms with Crippen molar-refractivity contribution in [3.05, 3.63) is 176 Å². The Labute approximate surface area is 310 Å². The van der Waals surface area contributed by atoms with Gasteiger partial charge in [0, 0.05) is 53.3 Å². The molecule has 0 aliphatic heterocycles. The van der Waals surface area contributed by atoms with Crippen LogP contribution in [0, 0.1) is 0 Å². The van der Waals surface area contributed by atoms with Crippen molar-refractivity contribution >= 4 is 53.3 Å². The number of thiophene rings is 1. The molecule has 3 heterocycles. The average molecular weight is 668 g/mol. The van der Waals surface area contributed by atoms with Gasteiger partial charge in [0.25, 0.3) is 0 Å². The predicted molar refractivity (Wildman–Crippen MR) is 211 cm³/mol. The minimum Gasteiger partial charge on any atom is -0.309 e. The first-order valence-electron chi connectivity index (χ1n) is 21.8. The average Bonchev–Trinajstić information content (AvgIpc) is 3.84. The molecule has 0 radical (unpaired) electrons. The Bertz CT molecular complexity index is 3520. The molecule has 10 rings (SSSR count). The largest absolute Gasteiger partial charge is 0.309 e. The molecule has 0 aliphatic carbocycles. The summed E-state index contributed by atoms with van der Waals surface area (Å²) in [5.41, 5.74) is 2.75. The number of hydrogen-bond donors (Lipinski definition) is 0. The van der Waals surface area contributed by atoms with Gasteiger partial charge in [-0.1, -0.05) is 133 Å². The lowest BCUT2D eigenvalue weighted by molar-refractivity contribution is 1.16. The first-order chi connectivity index (χ1) is 29.8. The van der Waals surface area contributed by atoms with Gasteiger partial charge in [-0.15, -0.1) is 11.3 Å². The fraction of sp³-hybridized carbons (Fsp3) is 0. The van der Waals surface area contributed by atoms with Crippen molar-refractivity contribution in [3.8, 4) is 50.7 Å². The van der Waals surface area contributed by atoms with Crippen LogP contribution >= 0.6 is 11.3 Å². The third-order valence-electron chi connectivity index (χ3n) is 8.83. The number of para-hydroxylation sites is 3. The van der Waals surface area contributed by atoms with Crippen LogP contribution in [-0.4, -0.2) is 14.5 Å². The van der Waals surface area contributed by atoms with Gasteiger partial charge in [0.1, 0.15) is 0 Å². The maximum absolute atomic E-state index is 9.51. The van der Waals surface area contributed by atoms with Gasteiger partial charge in [-0.3, -0.25) is 0 Å². The predicted octanol–water partition coefficient (Wildman–Crippen LogP) is 12.6. The Hall–Kier alpha value is -6.36. The molecular formula is C46H29N3S. The second-order valence-electron chi connectivity index (χ2n) is 11.7.